The van der Waals surface area contributed by atoms with E-state index in [4.69, 9.17) is 5.11 Å². The van der Waals surface area contributed by atoms with Gasteiger partial charge in [0.05, 0.1) is 22.8 Å². The second kappa shape index (κ2) is 10.9. The molecule has 0 aliphatic carbocycles. The van der Waals surface area contributed by atoms with E-state index >= 15 is 0 Å². The SMILES string of the molecule is C1=Cc2cc3ccc(cc4ccc(cc5nc(cc1n2)C=C5)[nH]4)[nH]3.CC(=O)Nc1ccc(O)cc1.[Co]. The van der Waals surface area contributed by atoms with Gasteiger partial charge < -0.3 is 20.4 Å². The number of anilines is 1. The van der Waals surface area contributed by atoms with E-state index in [1.54, 1.807) is 12.1 Å². The Kier molecular flexibility index (Phi) is 7.48. The summed E-state index contributed by atoms with van der Waals surface area (Å²) in [5, 5.41) is 11.5. The Morgan fingerprint density at radius 2 is 1.08 bits per heavy atom. The van der Waals surface area contributed by atoms with Crippen LogP contribution in [0.3, 0.4) is 0 Å². The number of phenols is 1. The van der Waals surface area contributed by atoms with Crippen LogP contribution >= 0.6 is 0 Å². The number of nitrogens with one attached hydrogen (secondary N) is 3. The Morgan fingerprint density at radius 3 is 1.53 bits per heavy atom. The molecule has 0 unspecified atom stereocenters. The van der Waals surface area contributed by atoms with Gasteiger partial charge in [0.2, 0.25) is 5.91 Å². The van der Waals surface area contributed by atoms with Gasteiger partial charge in [0.25, 0.3) is 0 Å². The summed E-state index contributed by atoms with van der Waals surface area (Å²) in [4.78, 5) is 26.5. The smallest absolute Gasteiger partial charge is 0.221 e. The Morgan fingerprint density at radius 1 is 0.667 bits per heavy atom. The van der Waals surface area contributed by atoms with Gasteiger partial charge in [0.1, 0.15) is 5.75 Å². The summed E-state index contributed by atoms with van der Waals surface area (Å²) in [6, 6.07) is 22.7. The van der Waals surface area contributed by atoms with Crippen LogP contribution in [0.5, 0.6) is 5.75 Å². The fourth-order valence-corrected chi connectivity index (χ4v) is 3.69. The van der Waals surface area contributed by atoms with E-state index in [9.17, 15) is 4.79 Å². The van der Waals surface area contributed by atoms with Crippen molar-refractivity contribution < 1.29 is 26.7 Å². The van der Waals surface area contributed by atoms with Crippen molar-refractivity contribution in [1.82, 2.24) is 19.9 Å². The first kappa shape index (κ1) is 24.7. The number of aromatic nitrogens is 4. The molecule has 1 radical (unpaired) electrons. The minimum Gasteiger partial charge on any atom is -0.508 e. The minimum atomic E-state index is -0.115. The number of fused-ring (bicyclic) bond motifs is 8. The molecule has 181 valence electrons. The molecule has 8 heteroatoms. The molecule has 4 N–H and O–H groups in total. The molecule has 36 heavy (non-hydrogen) atoms. The molecule has 4 aromatic rings. The average Bonchev–Trinajstić information content (AvgIpc) is 3.62. The van der Waals surface area contributed by atoms with Crippen molar-refractivity contribution in [1.29, 1.82) is 0 Å². The number of benzene rings is 1. The molecule has 0 saturated heterocycles. The molecule has 0 fully saturated rings. The second-order valence-electron chi connectivity index (χ2n) is 8.13. The molecule has 1 amide bonds. The summed E-state index contributed by atoms with van der Waals surface area (Å²) in [5.74, 6) is 0.0785. The van der Waals surface area contributed by atoms with Crippen molar-refractivity contribution in [3.05, 3.63) is 95.6 Å². The maximum Gasteiger partial charge on any atom is 0.221 e. The third-order valence-corrected chi connectivity index (χ3v) is 5.23. The van der Waals surface area contributed by atoms with E-state index in [-0.39, 0.29) is 28.4 Å². The van der Waals surface area contributed by atoms with E-state index in [0.29, 0.717) is 5.69 Å². The first-order valence-electron chi connectivity index (χ1n) is 11.1. The van der Waals surface area contributed by atoms with Crippen LogP contribution < -0.4 is 5.32 Å². The van der Waals surface area contributed by atoms with Gasteiger partial charge in [-0.1, -0.05) is 0 Å². The molecule has 2 aliphatic rings. The predicted molar refractivity (Wildman–Crippen MR) is 141 cm³/mol. The molecule has 0 atom stereocenters. The molecule has 5 heterocycles. The molecule has 7 nitrogen and oxygen atoms in total. The molecule has 8 bridgehead atoms. The average molecular weight is 520 g/mol. The van der Waals surface area contributed by atoms with Crippen molar-refractivity contribution in [2.24, 2.45) is 0 Å². The van der Waals surface area contributed by atoms with E-state index in [2.05, 4.69) is 55.6 Å². The predicted octanol–water partition coefficient (Wildman–Crippen LogP) is 6.00. The first-order chi connectivity index (χ1) is 17.0. The Hall–Kier alpha value is -4.40. The zero-order valence-electron chi connectivity index (χ0n) is 19.3. The molecule has 1 aromatic carbocycles. The molecule has 6 rings (SSSR count). The van der Waals surface area contributed by atoms with Crippen LogP contribution in [0.25, 0.3) is 46.4 Å². The normalized spacial score (nSPS) is 11.2. The number of carbonyl (C=O) groups is 1. The molecular formula is C28H23CoN5O2. The molecule has 0 saturated carbocycles. The molecule has 3 aromatic heterocycles. The number of amides is 1. The number of carbonyl (C=O) groups excluding carboxylic acids is 1. The molecule has 0 spiro atoms. The van der Waals surface area contributed by atoms with Crippen LogP contribution in [0.4, 0.5) is 5.69 Å². The van der Waals surface area contributed by atoms with Gasteiger partial charge in [-0.05, 0) is 97.1 Å². The van der Waals surface area contributed by atoms with Crippen LogP contribution in [-0.2, 0) is 21.6 Å². The van der Waals surface area contributed by atoms with Crippen molar-refractivity contribution >= 4 is 58.0 Å². The van der Waals surface area contributed by atoms with Crippen LogP contribution in [-0.4, -0.2) is 30.9 Å². The van der Waals surface area contributed by atoms with Crippen molar-refractivity contribution in [3.63, 3.8) is 0 Å². The van der Waals surface area contributed by atoms with Crippen molar-refractivity contribution in [3.8, 4) is 5.75 Å². The number of nitrogens with zero attached hydrogens (tertiary/aromatic N) is 2. The standard InChI is InChI=1S/C20H14N4.C8H9NO2.Co/c1-2-14-10-16-5-6-18(23-16)12-20-8-7-19(24-20)11-17-4-3-15(22-17)9-13(1)21-14;1-6(10)9-7-2-4-8(11)5-3-7;/h1-12,21-22H;2-5,11H,1H3,(H,9,10);. The topological polar surface area (TPSA) is 107 Å². The quantitative estimate of drug-likeness (QED) is 0.199. The maximum absolute atomic E-state index is 10.5. The van der Waals surface area contributed by atoms with Crippen LogP contribution in [0, 0.1) is 0 Å². The van der Waals surface area contributed by atoms with Crippen LogP contribution in [0.1, 0.15) is 29.7 Å². The number of aromatic hydroxyl groups is 1. The van der Waals surface area contributed by atoms with E-state index in [1.165, 1.54) is 19.1 Å². The summed E-state index contributed by atoms with van der Waals surface area (Å²) in [6.45, 7) is 1.44. The minimum absolute atomic E-state index is 0. The van der Waals surface area contributed by atoms with Gasteiger partial charge >= 0.3 is 0 Å². The summed E-state index contributed by atoms with van der Waals surface area (Å²) < 4.78 is 0. The van der Waals surface area contributed by atoms with Gasteiger partial charge in [-0.15, -0.1) is 0 Å². The largest absolute Gasteiger partial charge is 0.508 e. The fraction of sp³-hybridized carbons (Fsp3) is 0.0357. The Bertz CT molecular complexity index is 1530. The van der Waals surface area contributed by atoms with Crippen LogP contribution in [0.2, 0.25) is 0 Å². The van der Waals surface area contributed by atoms with Gasteiger partial charge in [0, 0.05) is 51.5 Å². The number of phenolic OH excluding ortho intramolecular Hbond substituents is 1. The third kappa shape index (κ3) is 6.38. The summed E-state index contributed by atoms with van der Waals surface area (Å²) in [5.41, 5.74) is 8.55. The molecule has 2 aliphatic heterocycles. The molecular weight excluding hydrogens is 497 g/mol. The van der Waals surface area contributed by atoms with Crippen molar-refractivity contribution in [2.45, 2.75) is 6.92 Å². The van der Waals surface area contributed by atoms with E-state index in [0.717, 1.165) is 44.8 Å². The van der Waals surface area contributed by atoms with E-state index in [1.807, 2.05) is 42.5 Å². The fourth-order valence-electron chi connectivity index (χ4n) is 3.69. The van der Waals surface area contributed by atoms with Gasteiger partial charge in [0.15, 0.2) is 0 Å². The Labute approximate surface area is 217 Å². The third-order valence-electron chi connectivity index (χ3n) is 5.23. The van der Waals surface area contributed by atoms with Gasteiger partial charge in [-0.2, -0.15) is 0 Å². The summed E-state index contributed by atoms with van der Waals surface area (Å²) >= 11 is 0. The maximum atomic E-state index is 10.5. The van der Waals surface area contributed by atoms with E-state index < -0.39 is 0 Å². The van der Waals surface area contributed by atoms with Gasteiger partial charge in [-0.25, -0.2) is 9.97 Å². The number of H-pyrrole nitrogens is 2. The van der Waals surface area contributed by atoms with Crippen molar-refractivity contribution in [2.75, 3.05) is 5.32 Å². The second-order valence-corrected chi connectivity index (χ2v) is 8.13. The summed E-state index contributed by atoms with van der Waals surface area (Å²) in [7, 11) is 0. The monoisotopic (exact) mass is 520 g/mol. The first-order valence-corrected chi connectivity index (χ1v) is 11.1. The van der Waals surface area contributed by atoms with Crippen LogP contribution in [0.15, 0.2) is 72.8 Å². The number of rotatable bonds is 1. The number of hydrogen-bond donors (Lipinski definition) is 4. The zero-order valence-corrected chi connectivity index (χ0v) is 20.4. The zero-order chi connectivity index (χ0) is 24.2. The number of aromatic amines is 2. The Balaban J connectivity index is 0.000000216. The van der Waals surface area contributed by atoms with Gasteiger partial charge in [-0.3, -0.25) is 4.79 Å². The number of hydrogen-bond acceptors (Lipinski definition) is 4. The summed E-state index contributed by atoms with van der Waals surface area (Å²) in [6.07, 6.45) is 8.05.